The minimum atomic E-state index is 0.295. The van der Waals surface area contributed by atoms with Crippen LogP contribution in [-0.2, 0) is 4.74 Å². The van der Waals surface area contributed by atoms with Crippen molar-refractivity contribution in [2.24, 2.45) is 0 Å². The highest BCUT2D eigenvalue weighted by molar-refractivity contribution is 9.10. The third-order valence-corrected chi connectivity index (χ3v) is 2.13. The molecule has 0 unspecified atom stereocenters. The molecular weight excluding hydrogens is 194 g/mol. The summed E-state index contributed by atoms with van der Waals surface area (Å²) in [4.78, 5) is 4.08. The fraction of sp³-hybridized carbons (Fsp3) is 0.286. The fourth-order valence-electron chi connectivity index (χ4n) is 0.866. The molecule has 0 aliphatic carbocycles. The van der Waals surface area contributed by atoms with Gasteiger partial charge < -0.3 is 4.74 Å². The Kier molecular flexibility index (Phi) is 1.47. The lowest BCUT2D eigenvalue weighted by molar-refractivity contribution is 0.414. The van der Waals surface area contributed by atoms with E-state index in [9.17, 15) is 0 Å². The second-order valence-electron chi connectivity index (χ2n) is 2.21. The Hall–Kier alpha value is -0.410. The molecule has 2 heterocycles. The molecule has 1 atom stereocenters. The molecule has 0 radical (unpaired) electrons. The maximum Gasteiger partial charge on any atom is 0.111 e. The standard InChI is InChI=1S/C7H6BrNO/c8-7-5(6-4-10-6)2-1-3-9-7/h1-3,6H,4H2/t6-/m0/s1. The van der Waals surface area contributed by atoms with Crippen molar-refractivity contribution in [3.8, 4) is 0 Å². The summed E-state index contributed by atoms with van der Waals surface area (Å²) in [5, 5.41) is 0. The first-order valence-corrected chi connectivity index (χ1v) is 3.89. The van der Waals surface area contributed by atoms with Crippen LogP contribution in [0.2, 0.25) is 0 Å². The number of halogens is 1. The lowest BCUT2D eigenvalue weighted by Crippen LogP contribution is -1.84. The summed E-state index contributed by atoms with van der Waals surface area (Å²) in [6.07, 6.45) is 2.05. The Morgan fingerprint density at radius 3 is 3.10 bits per heavy atom. The quantitative estimate of drug-likeness (QED) is 0.511. The summed E-state index contributed by atoms with van der Waals surface area (Å²) in [6.45, 7) is 0.838. The fourth-order valence-corrected chi connectivity index (χ4v) is 1.37. The van der Waals surface area contributed by atoms with E-state index in [2.05, 4.69) is 20.9 Å². The van der Waals surface area contributed by atoms with Crippen LogP contribution in [0.25, 0.3) is 0 Å². The number of aromatic nitrogens is 1. The second-order valence-corrected chi connectivity index (χ2v) is 2.96. The molecule has 2 rings (SSSR count). The highest BCUT2D eigenvalue weighted by Gasteiger charge is 2.26. The third-order valence-electron chi connectivity index (χ3n) is 1.47. The van der Waals surface area contributed by atoms with Crippen LogP contribution >= 0.6 is 15.9 Å². The van der Waals surface area contributed by atoms with E-state index in [4.69, 9.17) is 4.74 Å². The largest absolute Gasteiger partial charge is 0.368 e. The van der Waals surface area contributed by atoms with Gasteiger partial charge in [0.1, 0.15) is 10.7 Å². The summed E-state index contributed by atoms with van der Waals surface area (Å²) in [7, 11) is 0. The zero-order chi connectivity index (χ0) is 6.97. The van der Waals surface area contributed by atoms with Gasteiger partial charge in [-0.1, -0.05) is 6.07 Å². The molecule has 1 aliphatic heterocycles. The highest BCUT2D eigenvalue weighted by atomic mass is 79.9. The Bertz CT molecular complexity index is 247. The molecule has 0 saturated carbocycles. The molecule has 1 fully saturated rings. The molecule has 1 aliphatic rings. The van der Waals surface area contributed by atoms with Crippen molar-refractivity contribution in [2.75, 3.05) is 6.61 Å². The van der Waals surface area contributed by atoms with Gasteiger partial charge in [0.25, 0.3) is 0 Å². The normalized spacial score (nSPS) is 22.7. The van der Waals surface area contributed by atoms with Crippen LogP contribution in [0.3, 0.4) is 0 Å². The van der Waals surface area contributed by atoms with Crippen LogP contribution in [0, 0.1) is 0 Å². The van der Waals surface area contributed by atoms with Crippen LogP contribution in [0.15, 0.2) is 22.9 Å². The number of nitrogens with zero attached hydrogens (tertiary/aromatic N) is 1. The predicted octanol–water partition coefficient (Wildman–Crippen LogP) is 1.92. The van der Waals surface area contributed by atoms with Crippen molar-refractivity contribution in [1.82, 2.24) is 4.98 Å². The van der Waals surface area contributed by atoms with Crippen LogP contribution in [-0.4, -0.2) is 11.6 Å². The van der Waals surface area contributed by atoms with Gasteiger partial charge in [-0.15, -0.1) is 0 Å². The van der Waals surface area contributed by atoms with Crippen molar-refractivity contribution < 1.29 is 4.74 Å². The number of rotatable bonds is 1. The number of pyridine rings is 1. The molecule has 0 bridgehead atoms. The van der Waals surface area contributed by atoms with Crippen molar-refractivity contribution in [1.29, 1.82) is 0 Å². The summed E-state index contributed by atoms with van der Waals surface area (Å²) < 4.78 is 6.01. The maximum absolute atomic E-state index is 5.11. The smallest absolute Gasteiger partial charge is 0.111 e. The Morgan fingerprint density at radius 2 is 2.50 bits per heavy atom. The molecular formula is C7H6BrNO. The average Bonchev–Trinajstić information content (AvgIpc) is 2.71. The van der Waals surface area contributed by atoms with Crippen molar-refractivity contribution in [3.05, 3.63) is 28.5 Å². The van der Waals surface area contributed by atoms with E-state index < -0.39 is 0 Å². The minimum absolute atomic E-state index is 0.295. The molecule has 10 heavy (non-hydrogen) atoms. The second kappa shape index (κ2) is 2.32. The predicted molar refractivity (Wildman–Crippen MR) is 40.6 cm³/mol. The van der Waals surface area contributed by atoms with Gasteiger partial charge in [-0.3, -0.25) is 0 Å². The molecule has 1 aromatic heterocycles. The van der Waals surface area contributed by atoms with Gasteiger partial charge >= 0.3 is 0 Å². The topological polar surface area (TPSA) is 25.4 Å². The van der Waals surface area contributed by atoms with E-state index in [0.717, 1.165) is 16.8 Å². The molecule has 2 nitrogen and oxygen atoms in total. The van der Waals surface area contributed by atoms with E-state index in [0.29, 0.717) is 6.10 Å². The monoisotopic (exact) mass is 199 g/mol. The van der Waals surface area contributed by atoms with Gasteiger partial charge in [-0.2, -0.15) is 0 Å². The summed E-state index contributed by atoms with van der Waals surface area (Å²) in [5.41, 5.74) is 1.16. The van der Waals surface area contributed by atoms with E-state index in [1.807, 2.05) is 12.1 Å². The Balaban J connectivity index is 2.39. The molecule has 1 saturated heterocycles. The van der Waals surface area contributed by atoms with E-state index in [1.165, 1.54) is 0 Å². The van der Waals surface area contributed by atoms with Crippen molar-refractivity contribution in [2.45, 2.75) is 6.10 Å². The number of ether oxygens (including phenoxy) is 1. The Morgan fingerprint density at radius 1 is 1.70 bits per heavy atom. The lowest BCUT2D eigenvalue weighted by Gasteiger charge is -1.95. The molecule has 0 N–H and O–H groups in total. The van der Waals surface area contributed by atoms with Crippen LogP contribution in [0.5, 0.6) is 0 Å². The number of epoxide rings is 1. The average molecular weight is 200 g/mol. The SMILES string of the molecule is Brc1ncccc1[C@@H]1CO1. The van der Waals surface area contributed by atoms with Gasteiger partial charge in [0.15, 0.2) is 0 Å². The van der Waals surface area contributed by atoms with Crippen LogP contribution in [0.4, 0.5) is 0 Å². The highest BCUT2D eigenvalue weighted by Crippen LogP contribution is 2.33. The minimum Gasteiger partial charge on any atom is -0.368 e. The van der Waals surface area contributed by atoms with Gasteiger partial charge in [0.2, 0.25) is 0 Å². The van der Waals surface area contributed by atoms with Gasteiger partial charge in [-0.25, -0.2) is 4.98 Å². The zero-order valence-corrected chi connectivity index (χ0v) is 6.84. The van der Waals surface area contributed by atoms with Crippen LogP contribution < -0.4 is 0 Å². The molecule has 0 aromatic carbocycles. The number of hydrogen-bond acceptors (Lipinski definition) is 2. The molecule has 3 heteroatoms. The van der Waals surface area contributed by atoms with E-state index in [-0.39, 0.29) is 0 Å². The van der Waals surface area contributed by atoms with Crippen molar-refractivity contribution >= 4 is 15.9 Å². The lowest BCUT2D eigenvalue weighted by atomic mass is 10.2. The van der Waals surface area contributed by atoms with Gasteiger partial charge in [-0.05, 0) is 22.0 Å². The first kappa shape index (κ1) is 6.31. The first-order valence-electron chi connectivity index (χ1n) is 3.10. The van der Waals surface area contributed by atoms with E-state index in [1.54, 1.807) is 6.20 Å². The maximum atomic E-state index is 5.11. The molecule has 1 aromatic rings. The zero-order valence-electron chi connectivity index (χ0n) is 5.25. The van der Waals surface area contributed by atoms with Gasteiger partial charge in [0.05, 0.1) is 6.61 Å². The van der Waals surface area contributed by atoms with Crippen molar-refractivity contribution in [3.63, 3.8) is 0 Å². The number of hydrogen-bond donors (Lipinski definition) is 0. The summed E-state index contributed by atoms with van der Waals surface area (Å²) >= 11 is 3.35. The third kappa shape index (κ3) is 1.07. The van der Waals surface area contributed by atoms with Gasteiger partial charge in [0, 0.05) is 11.8 Å². The Labute approximate surface area is 67.4 Å². The van der Waals surface area contributed by atoms with Crippen LogP contribution in [0.1, 0.15) is 11.7 Å². The summed E-state index contributed by atoms with van der Waals surface area (Å²) in [6, 6.07) is 3.94. The molecule has 52 valence electrons. The molecule has 0 spiro atoms. The molecule has 0 amide bonds. The van der Waals surface area contributed by atoms with E-state index >= 15 is 0 Å². The first-order chi connectivity index (χ1) is 4.88. The summed E-state index contributed by atoms with van der Waals surface area (Å²) in [5.74, 6) is 0.